The first kappa shape index (κ1) is 68.8. The number of azide groups is 2. The van der Waals surface area contributed by atoms with E-state index >= 15 is 0 Å². The molecule has 9 rings (SSSR count). The highest BCUT2D eigenvalue weighted by atomic mass is 32.2. The molecule has 0 saturated carbocycles. The number of methoxy groups -OCH3 is 4. The highest BCUT2D eigenvalue weighted by Gasteiger charge is 2.60. The molecule has 0 N–H and O–H groups in total. The second-order valence-electron chi connectivity index (χ2n) is 21.1. The smallest absolute Gasteiger partial charge is 0.338 e. The Hall–Kier alpha value is -9.57. The quantitative estimate of drug-likeness (QED) is 0.0152. The van der Waals surface area contributed by atoms with Gasteiger partial charge in [0.15, 0.2) is 43.1 Å². The van der Waals surface area contributed by atoms with E-state index in [4.69, 9.17) is 71.1 Å². The Kier molecular flexibility index (Phi) is 24.8. The Morgan fingerprint density at radius 1 is 0.468 bits per heavy atom. The number of esters is 6. The SMILES string of the molecule is COC(=O)[C@H]1O[C@@H](S[C@H]2[C@H](OC(=O)c3ccccc3)[C@@H](N=[N+]=[N-])[C@@H](OC)O[C@@H]2COCc2ccc(OC)cc2)[C@H](OC(=O)c2ccccc2)[C@@H](OC(=O)c2ccccc2)[C@@H]1O[C@H]1O[C@H](COCc2ccc(OC)cc2)[C@@H](OC(C)=O)[C@H](OC(=O)c2ccccc2)[C@H]1N=[N+]=[N-]. The van der Waals surface area contributed by atoms with Crippen LogP contribution in [-0.2, 0) is 84.4 Å². The number of carbonyl (C=O) groups is 6. The van der Waals surface area contributed by atoms with Crippen molar-refractivity contribution in [1.29, 1.82) is 0 Å². The molecular weight excluding hydrogens is 1240 g/mol. The van der Waals surface area contributed by atoms with Crippen molar-refractivity contribution in [2.45, 2.75) is 110 Å². The zero-order valence-electron chi connectivity index (χ0n) is 51.3. The lowest BCUT2D eigenvalue weighted by molar-refractivity contribution is -0.312. The maximum atomic E-state index is 14.9. The number of rotatable bonds is 27. The Labute approximate surface area is 543 Å². The maximum absolute atomic E-state index is 14.9. The van der Waals surface area contributed by atoms with E-state index in [0.717, 1.165) is 25.8 Å². The normalized spacial score (nSPS) is 25.5. The van der Waals surface area contributed by atoms with Crippen molar-refractivity contribution < 1.29 is 99.8 Å². The summed E-state index contributed by atoms with van der Waals surface area (Å²) in [6.45, 7) is 0.275. The maximum Gasteiger partial charge on any atom is 0.338 e. The van der Waals surface area contributed by atoms with Crippen molar-refractivity contribution in [3.05, 3.63) is 224 Å². The fourth-order valence-corrected chi connectivity index (χ4v) is 12.1. The molecular formula is C66H66N6O21S. The fourth-order valence-electron chi connectivity index (χ4n) is 10.5. The summed E-state index contributed by atoms with van der Waals surface area (Å²) in [5.74, 6) is -4.86. The van der Waals surface area contributed by atoms with Gasteiger partial charge in [0.1, 0.15) is 47.3 Å². The van der Waals surface area contributed by atoms with Gasteiger partial charge < -0.3 is 71.1 Å². The van der Waals surface area contributed by atoms with Crippen LogP contribution >= 0.6 is 11.8 Å². The third-order valence-electron chi connectivity index (χ3n) is 15.1. The van der Waals surface area contributed by atoms with Crippen LogP contribution in [-0.4, -0.2) is 168 Å². The van der Waals surface area contributed by atoms with Gasteiger partial charge in [-0.05, 0) is 95.0 Å². The van der Waals surface area contributed by atoms with Crippen molar-refractivity contribution in [1.82, 2.24) is 0 Å². The number of hydrogen-bond donors (Lipinski definition) is 0. The monoisotopic (exact) mass is 1310 g/mol. The van der Waals surface area contributed by atoms with Crippen molar-refractivity contribution >= 4 is 47.6 Å². The van der Waals surface area contributed by atoms with E-state index in [-0.39, 0.29) is 42.1 Å². The van der Waals surface area contributed by atoms with Crippen LogP contribution < -0.4 is 9.47 Å². The highest BCUT2D eigenvalue weighted by Crippen LogP contribution is 2.44. The summed E-state index contributed by atoms with van der Waals surface area (Å²) in [7, 11) is 5.34. The lowest BCUT2D eigenvalue weighted by Crippen LogP contribution is -2.67. The Bertz CT molecular complexity index is 3600. The van der Waals surface area contributed by atoms with E-state index < -0.39 is 133 Å². The third kappa shape index (κ3) is 17.6. The molecule has 6 aromatic carbocycles. The second kappa shape index (κ2) is 33.8. The zero-order valence-corrected chi connectivity index (χ0v) is 52.1. The number of nitrogens with zero attached hydrogens (tertiary/aromatic N) is 6. The molecule has 0 bridgehead atoms. The molecule has 0 unspecified atom stereocenters. The molecule has 6 aromatic rings. The van der Waals surface area contributed by atoms with E-state index in [1.54, 1.807) is 121 Å². The van der Waals surface area contributed by atoms with Crippen LogP contribution in [0.5, 0.6) is 11.5 Å². The molecule has 3 aliphatic rings. The number of carbonyl (C=O) groups excluding carboxylic acids is 6. The molecule has 3 saturated heterocycles. The number of benzene rings is 6. The lowest BCUT2D eigenvalue weighted by Gasteiger charge is -2.49. The van der Waals surface area contributed by atoms with E-state index in [1.165, 1.54) is 69.9 Å². The molecule has 28 heteroatoms. The average Bonchev–Trinajstić information content (AvgIpc) is 0.780. The number of thioether (sulfide) groups is 1. The molecule has 0 radical (unpaired) electrons. The van der Waals surface area contributed by atoms with E-state index in [2.05, 4.69) is 20.1 Å². The van der Waals surface area contributed by atoms with Crippen molar-refractivity contribution in [2.75, 3.05) is 41.7 Å². The molecule has 15 atom stereocenters. The van der Waals surface area contributed by atoms with Gasteiger partial charge in [0, 0.05) is 23.9 Å². The van der Waals surface area contributed by atoms with Gasteiger partial charge >= 0.3 is 35.8 Å². The minimum Gasteiger partial charge on any atom is -0.497 e. The van der Waals surface area contributed by atoms with Crippen molar-refractivity contribution in [3.63, 3.8) is 0 Å². The fraction of sp³-hybridized carbons (Fsp3) is 0.364. The van der Waals surface area contributed by atoms with Gasteiger partial charge in [0.25, 0.3) is 0 Å². The summed E-state index contributed by atoms with van der Waals surface area (Å²) < 4.78 is 92.6. The average molecular weight is 1310 g/mol. The van der Waals surface area contributed by atoms with E-state index in [9.17, 15) is 39.8 Å². The molecule has 0 amide bonds. The van der Waals surface area contributed by atoms with E-state index in [1.807, 2.05) is 0 Å². The van der Waals surface area contributed by atoms with E-state index in [0.29, 0.717) is 22.6 Å². The molecule has 0 aliphatic carbocycles. The molecule has 94 heavy (non-hydrogen) atoms. The van der Waals surface area contributed by atoms with Gasteiger partial charge in [-0.25, -0.2) is 24.0 Å². The minimum atomic E-state index is -2.08. The molecule has 492 valence electrons. The molecule has 0 aromatic heterocycles. The van der Waals surface area contributed by atoms with Gasteiger partial charge in [0.05, 0.1) is 81.4 Å². The first-order valence-electron chi connectivity index (χ1n) is 29.3. The Morgan fingerprint density at radius 2 is 0.883 bits per heavy atom. The van der Waals surface area contributed by atoms with Crippen LogP contribution in [0.25, 0.3) is 20.9 Å². The molecule has 3 aliphatic heterocycles. The molecule has 3 fully saturated rings. The molecule has 0 spiro atoms. The lowest BCUT2D eigenvalue weighted by atomic mass is 9.95. The van der Waals surface area contributed by atoms with Gasteiger partial charge in [-0.2, -0.15) is 0 Å². The van der Waals surface area contributed by atoms with Crippen LogP contribution in [0.4, 0.5) is 0 Å². The largest absolute Gasteiger partial charge is 0.497 e. The van der Waals surface area contributed by atoms with Gasteiger partial charge in [-0.3, -0.25) is 4.79 Å². The van der Waals surface area contributed by atoms with Crippen LogP contribution in [0.1, 0.15) is 59.5 Å². The highest BCUT2D eigenvalue weighted by molar-refractivity contribution is 8.00. The van der Waals surface area contributed by atoms with Crippen molar-refractivity contribution in [3.8, 4) is 11.5 Å². The Morgan fingerprint density at radius 3 is 1.31 bits per heavy atom. The summed E-state index contributed by atoms with van der Waals surface area (Å²) in [6, 6.07) is 41.4. The van der Waals surface area contributed by atoms with Gasteiger partial charge in [0.2, 0.25) is 0 Å². The third-order valence-corrected chi connectivity index (χ3v) is 16.6. The Balaban J connectivity index is 1.18. The zero-order chi connectivity index (χ0) is 66.5. The first-order valence-corrected chi connectivity index (χ1v) is 30.3. The minimum absolute atomic E-state index is 0.00497. The summed E-state index contributed by atoms with van der Waals surface area (Å²) >= 11 is 0.750. The number of ether oxygens (including phenoxy) is 15. The molecule has 27 nitrogen and oxygen atoms in total. The van der Waals surface area contributed by atoms with Gasteiger partial charge in [-0.15, -0.1) is 11.8 Å². The second-order valence-corrected chi connectivity index (χ2v) is 22.4. The standard InChI is InChI=1S/C66H66N6O21S/c1-38(73)85-51-47(36-83-34-39-26-30-45(79-2)31-27-39)86-65(49(69-71-67)52(51)88-59(74)41-18-10-6-11-19-41)92-54-55(90-61(76)43-22-14-8-15-23-43)57(91-62(77)44-24-16-9-17-25-44)66(93-56(54)63(78)81-4)94-58-48(37-84-35-40-28-32-46(80-3)33-29-40)87-64(82-5)50(70-72-68)53(58)89-60(75)42-20-12-7-13-21-42/h6-33,47-58,64-66H,34-37H2,1-5H3/t47-,48-,49-,50-,51-,52-,53-,54+,55+,56+,57-,58-,64+,65-,66+/m1/s1. The van der Waals surface area contributed by atoms with Crippen LogP contribution in [0.2, 0.25) is 0 Å². The van der Waals surface area contributed by atoms with Crippen LogP contribution in [0, 0.1) is 0 Å². The van der Waals surface area contributed by atoms with Crippen LogP contribution in [0.3, 0.4) is 0 Å². The predicted molar refractivity (Wildman–Crippen MR) is 331 cm³/mol. The summed E-state index contributed by atoms with van der Waals surface area (Å²) in [4.78, 5) is 92.5. The summed E-state index contributed by atoms with van der Waals surface area (Å²) in [5.41, 5.74) is 20.2. The number of hydrogen-bond acceptors (Lipinski definition) is 24. The van der Waals surface area contributed by atoms with Gasteiger partial charge in [-0.1, -0.05) is 107 Å². The topological polar surface area (TPSA) is 338 Å². The summed E-state index contributed by atoms with van der Waals surface area (Å²) in [5, 5.41) is 6.70. The predicted octanol–water partition coefficient (Wildman–Crippen LogP) is 9.11. The van der Waals surface area contributed by atoms with Crippen LogP contribution in [0.15, 0.2) is 180 Å². The van der Waals surface area contributed by atoms with Crippen molar-refractivity contribution in [2.24, 2.45) is 10.2 Å². The first-order chi connectivity index (χ1) is 45.7. The summed E-state index contributed by atoms with van der Waals surface area (Å²) in [6.07, 6.45) is -19.2. The molecule has 3 heterocycles.